The summed E-state index contributed by atoms with van der Waals surface area (Å²) in [7, 11) is 0. The molecular formula is C8H10CaO2. The summed E-state index contributed by atoms with van der Waals surface area (Å²) < 4.78 is 0. The Labute approximate surface area is 95.2 Å². The second-order valence-corrected chi connectivity index (χ2v) is 2.17. The Hall–Kier alpha value is -0.0503. The normalized spacial score (nSPS) is 8.45. The van der Waals surface area contributed by atoms with E-state index in [0.29, 0.717) is 5.56 Å². The molecule has 0 heterocycles. The first kappa shape index (κ1) is 10.9. The van der Waals surface area contributed by atoms with E-state index in [0.717, 1.165) is 5.56 Å². The Bertz CT molecular complexity index is 258. The van der Waals surface area contributed by atoms with Gasteiger partial charge in [0.1, 0.15) is 0 Å². The minimum absolute atomic E-state index is 0. The van der Waals surface area contributed by atoms with Gasteiger partial charge in [-0.2, -0.15) is 0 Å². The van der Waals surface area contributed by atoms with Crippen molar-refractivity contribution in [1.82, 2.24) is 0 Å². The van der Waals surface area contributed by atoms with E-state index in [1.54, 1.807) is 18.2 Å². The Balaban J connectivity index is 0.000001000. The topological polar surface area (TPSA) is 37.3 Å². The fourth-order valence-electron chi connectivity index (χ4n) is 0.778. The van der Waals surface area contributed by atoms with Gasteiger partial charge in [0.25, 0.3) is 0 Å². The molecule has 0 bridgehead atoms. The van der Waals surface area contributed by atoms with Crippen molar-refractivity contribution in [2.24, 2.45) is 0 Å². The van der Waals surface area contributed by atoms with Crippen molar-refractivity contribution >= 4 is 43.7 Å². The summed E-state index contributed by atoms with van der Waals surface area (Å²) in [6, 6.07) is 6.82. The minimum atomic E-state index is -0.872. The fourth-order valence-corrected chi connectivity index (χ4v) is 0.778. The number of aromatic carboxylic acids is 1. The van der Waals surface area contributed by atoms with Crippen LogP contribution in [0.15, 0.2) is 24.3 Å². The maximum absolute atomic E-state index is 10.4. The van der Waals surface area contributed by atoms with Crippen molar-refractivity contribution in [2.45, 2.75) is 6.92 Å². The first-order valence-corrected chi connectivity index (χ1v) is 3.00. The van der Waals surface area contributed by atoms with Crippen LogP contribution < -0.4 is 0 Å². The zero-order valence-corrected chi connectivity index (χ0v) is 5.66. The Kier molecular flexibility index (Phi) is 4.73. The van der Waals surface area contributed by atoms with Crippen LogP contribution in [0.5, 0.6) is 0 Å². The summed E-state index contributed by atoms with van der Waals surface area (Å²) in [5.74, 6) is -0.872. The van der Waals surface area contributed by atoms with E-state index in [2.05, 4.69) is 0 Å². The molecule has 1 aromatic rings. The zero-order valence-electron chi connectivity index (χ0n) is 5.66. The van der Waals surface area contributed by atoms with E-state index in [-0.39, 0.29) is 37.7 Å². The maximum atomic E-state index is 10.4. The van der Waals surface area contributed by atoms with Crippen LogP contribution in [0.1, 0.15) is 15.9 Å². The average molecular weight is 178 g/mol. The van der Waals surface area contributed by atoms with Gasteiger partial charge < -0.3 is 5.11 Å². The van der Waals surface area contributed by atoms with Crippen molar-refractivity contribution in [3.05, 3.63) is 35.4 Å². The number of carboxylic acids is 1. The van der Waals surface area contributed by atoms with E-state index < -0.39 is 5.97 Å². The molecule has 0 fully saturated rings. The van der Waals surface area contributed by atoms with Gasteiger partial charge in [0.05, 0.1) is 5.56 Å². The van der Waals surface area contributed by atoms with Crippen LogP contribution in [-0.2, 0) is 0 Å². The zero-order chi connectivity index (χ0) is 7.56. The third kappa shape index (κ3) is 3.23. The molecule has 0 aromatic heterocycles. The third-order valence-electron chi connectivity index (χ3n) is 1.27. The molecule has 0 unspecified atom stereocenters. The van der Waals surface area contributed by atoms with Crippen molar-refractivity contribution in [3.8, 4) is 0 Å². The number of aryl methyl sites for hydroxylation is 1. The molecule has 56 valence electrons. The molecule has 1 aromatic carbocycles. The molecule has 0 spiro atoms. The summed E-state index contributed by atoms with van der Waals surface area (Å²) >= 11 is 0. The number of carbonyl (C=O) groups is 1. The monoisotopic (exact) mass is 178 g/mol. The number of benzene rings is 1. The molecule has 0 amide bonds. The summed E-state index contributed by atoms with van der Waals surface area (Å²) in [4.78, 5) is 10.4. The molecule has 1 N–H and O–H groups in total. The number of carboxylic acid groups (broad SMARTS) is 1. The molecule has 11 heavy (non-hydrogen) atoms. The Morgan fingerprint density at radius 2 is 2.09 bits per heavy atom. The predicted molar refractivity (Wildman–Crippen MR) is 46.7 cm³/mol. The van der Waals surface area contributed by atoms with Gasteiger partial charge in [-0.3, -0.25) is 0 Å². The van der Waals surface area contributed by atoms with Gasteiger partial charge in [0.2, 0.25) is 0 Å². The fraction of sp³-hybridized carbons (Fsp3) is 0.125. The van der Waals surface area contributed by atoms with Gasteiger partial charge in [-0.1, -0.05) is 17.7 Å². The molecule has 0 aliphatic heterocycles. The second-order valence-electron chi connectivity index (χ2n) is 2.17. The molecule has 0 atom stereocenters. The summed E-state index contributed by atoms with van der Waals surface area (Å²) in [6.45, 7) is 1.87. The van der Waals surface area contributed by atoms with Crippen molar-refractivity contribution < 1.29 is 9.90 Å². The first-order valence-electron chi connectivity index (χ1n) is 3.00. The van der Waals surface area contributed by atoms with Crippen LogP contribution in [-0.4, -0.2) is 48.8 Å². The van der Waals surface area contributed by atoms with Crippen LogP contribution >= 0.6 is 0 Å². The van der Waals surface area contributed by atoms with E-state index in [4.69, 9.17) is 5.11 Å². The van der Waals surface area contributed by atoms with Crippen LogP contribution in [0, 0.1) is 6.92 Å². The van der Waals surface area contributed by atoms with E-state index >= 15 is 0 Å². The van der Waals surface area contributed by atoms with E-state index in [1.807, 2.05) is 13.0 Å². The number of hydrogen-bond donors (Lipinski definition) is 1. The average Bonchev–Trinajstić information content (AvgIpc) is 1.88. The van der Waals surface area contributed by atoms with Crippen LogP contribution in [0.4, 0.5) is 0 Å². The molecule has 0 aliphatic rings. The van der Waals surface area contributed by atoms with Crippen molar-refractivity contribution in [3.63, 3.8) is 0 Å². The van der Waals surface area contributed by atoms with Gasteiger partial charge in [-0.05, 0) is 19.1 Å². The van der Waals surface area contributed by atoms with Crippen LogP contribution in [0.3, 0.4) is 0 Å². The van der Waals surface area contributed by atoms with E-state index in [9.17, 15) is 4.79 Å². The molecule has 0 saturated heterocycles. The summed E-state index contributed by atoms with van der Waals surface area (Å²) in [6.07, 6.45) is 0. The molecule has 3 heteroatoms. The molecule has 1 rings (SSSR count). The summed E-state index contributed by atoms with van der Waals surface area (Å²) in [5.41, 5.74) is 1.32. The van der Waals surface area contributed by atoms with Gasteiger partial charge >= 0.3 is 43.7 Å². The van der Waals surface area contributed by atoms with Gasteiger partial charge in [0, 0.05) is 0 Å². The van der Waals surface area contributed by atoms with Crippen LogP contribution in [0.25, 0.3) is 0 Å². The van der Waals surface area contributed by atoms with E-state index in [1.165, 1.54) is 0 Å². The van der Waals surface area contributed by atoms with Gasteiger partial charge in [-0.15, -0.1) is 0 Å². The molecule has 0 saturated carbocycles. The molecule has 2 nitrogen and oxygen atoms in total. The Morgan fingerprint density at radius 3 is 2.45 bits per heavy atom. The van der Waals surface area contributed by atoms with Crippen molar-refractivity contribution in [1.29, 1.82) is 0 Å². The standard InChI is InChI=1S/C8H8O2.Ca.2H/c1-6-3-2-4-7(5-6)8(9)10;;;/h2-5H,1H3,(H,9,10);;;. The van der Waals surface area contributed by atoms with Crippen LogP contribution in [0.2, 0.25) is 0 Å². The molecular weight excluding hydrogens is 168 g/mol. The van der Waals surface area contributed by atoms with Gasteiger partial charge in [0.15, 0.2) is 0 Å². The van der Waals surface area contributed by atoms with Crippen molar-refractivity contribution in [2.75, 3.05) is 0 Å². The Morgan fingerprint density at radius 1 is 1.45 bits per heavy atom. The predicted octanol–water partition coefficient (Wildman–Crippen LogP) is 0.777. The number of rotatable bonds is 1. The number of hydrogen-bond acceptors (Lipinski definition) is 1. The van der Waals surface area contributed by atoms with Gasteiger partial charge in [-0.25, -0.2) is 4.79 Å². The molecule has 0 radical (unpaired) electrons. The third-order valence-corrected chi connectivity index (χ3v) is 1.27. The molecule has 0 aliphatic carbocycles. The quantitative estimate of drug-likeness (QED) is 0.645. The second kappa shape index (κ2) is 4.75. The first-order chi connectivity index (χ1) is 4.70. The summed E-state index contributed by atoms with van der Waals surface area (Å²) in [5, 5.41) is 8.51. The SMILES string of the molecule is Cc1cccc(C(=O)O)c1.[CaH2].